The molecule has 0 aromatic heterocycles. The third-order valence-electron chi connectivity index (χ3n) is 2.54. The second-order valence-corrected chi connectivity index (χ2v) is 4.15. The number of rotatable bonds is 5. The molecule has 0 heterocycles. The van der Waals surface area contributed by atoms with Gasteiger partial charge in [0.1, 0.15) is 5.75 Å². The van der Waals surface area contributed by atoms with Gasteiger partial charge in [0.2, 0.25) is 0 Å². The molecule has 88 valence electrons. The molecule has 0 radical (unpaired) electrons. The standard InChI is InChI=1S/C14H21NO/c1-11(2)9-10-15-12(3)13-7-5-6-8-14(13)16-4/h5-9,12,15H,10H2,1-4H3. The van der Waals surface area contributed by atoms with Crippen LogP contribution in [-0.4, -0.2) is 13.7 Å². The lowest BCUT2D eigenvalue weighted by atomic mass is 10.1. The summed E-state index contributed by atoms with van der Waals surface area (Å²) >= 11 is 0. The fourth-order valence-electron chi connectivity index (χ4n) is 1.57. The number of ether oxygens (including phenoxy) is 1. The van der Waals surface area contributed by atoms with Gasteiger partial charge in [-0.15, -0.1) is 0 Å². The minimum atomic E-state index is 0.298. The van der Waals surface area contributed by atoms with Gasteiger partial charge in [-0.25, -0.2) is 0 Å². The Labute approximate surface area is 98.3 Å². The largest absolute Gasteiger partial charge is 0.496 e. The van der Waals surface area contributed by atoms with Crippen LogP contribution in [0.1, 0.15) is 32.4 Å². The summed E-state index contributed by atoms with van der Waals surface area (Å²) in [5, 5.41) is 3.45. The molecule has 0 saturated heterocycles. The fourth-order valence-corrected chi connectivity index (χ4v) is 1.57. The van der Waals surface area contributed by atoms with Gasteiger partial charge in [-0.3, -0.25) is 0 Å². The van der Waals surface area contributed by atoms with Crippen molar-refractivity contribution in [3.63, 3.8) is 0 Å². The molecule has 0 saturated carbocycles. The van der Waals surface area contributed by atoms with E-state index in [1.54, 1.807) is 7.11 Å². The predicted octanol–water partition coefficient (Wildman–Crippen LogP) is 3.31. The van der Waals surface area contributed by atoms with Crippen molar-refractivity contribution >= 4 is 0 Å². The van der Waals surface area contributed by atoms with Crippen molar-refractivity contribution in [3.05, 3.63) is 41.5 Å². The predicted molar refractivity (Wildman–Crippen MR) is 68.8 cm³/mol. The summed E-state index contributed by atoms with van der Waals surface area (Å²) < 4.78 is 5.34. The molecule has 0 spiro atoms. The van der Waals surface area contributed by atoms with Gasteiger partial charge in [-0.05, 0) is 26.8 Å². The van der Waals surface area contributed by atoms with Gasteiger partial charge in [0.15, 0.2) is 0 Å². The third kappa shape index (κ3) is 3.70. The number of benzene rings is 1. The van der Waals surface area contributed by atoms with E-state index in [1.807, 2.05) is 18.2 Å². The maximum Gasteiger partial charge on any atom is 0.123 e. The van der Waals surface area contributed by atoms with Crippen molar-refractivity contribution in [2.45, 2.75) is 26.8 Å². The Morgan fingerprint density at radius 2 is 2.06 bits per heavy atom. The van der Waals surface area contributed by atoms with Crippen LogP contribution in [0.15, 0.2) is 35.9 Å². The highest BCUT2D eigenvalue weighted by atomic mass is 16.5. The van der Waals surface area contributed by atoms with Crippen LogP contribution in [0.5, 0.6) is 5.75 Å². The Morgan fingerprint density at radius 1 is 1.38 bits per heavy atom. The maximum absolute atomic E-state index is 5.34. The molecule has 1 atom stereocenters. The van der Waals surface area contributed by atoms with Crippen molar-refractivity contribution in [1.82, 2.24) is 5.32 Å². The van der Waals surface area contributed by atoms with Crippen molar-refractivity contribution < 1.29 is 4.74 Å². The van der Waals surface area contributed by atoms with E-state index in [-0.39, 0.29) is 0 Å². The lowest BCUT2D eigenvalue weighted by Crippen LogP contribution is -2.19. The van der Waals surface area contributed by atoms with Gasteiger partial charge in [-0.1, -0.05) is 29.8 Å². The first-order valence-electron chi connectivity index (χ1n) is 5.64. The lowest BCUT2D eigenvalue weighted by molar-refractivity contribution is 0.403. The molecule has 0 bridgehead atoms. The molecular weight excluding hydrogens is 198 g/mol. The van der Waals surface area contributed by atoms with E-state index in [4.69, 9.17) is 4.74 Å². The average Bonchev–Trinajstić information content (AvgIpc) is 2.28. The Hall–Kier alpha value is -1.28. The molecule has 1 rings (SSSR count). The second kappa shape index (κ2) is 6.33. The van der Waals surface area contributed by atoms with E-state index in [1.165, 1.54) is 11.1 Å². The SMILES string of the molecule is COc1ccccc1C(C)NCC=C(C)C. The molecule has 2 nitrogen and oxygen atoms in total. The minimum absolute atomic E-state index is 0.298. The molecule has 1 unspecified atom stereocenters. The Balaban J connectivity index is 2.65. The van der Waals surface area contributed by atoms with Gasteiger partial charge in [0.05, 0.1) is 7.11 Å². The van der Waals surface area contributed by atoms with E-state index < -0.39 is 0 Å². The van der Waals surface area contributed by atoms with Crippen LogP contribution < -0.4 is 10.1 Å². The Morgan fingerprint density at radius 3 is 2.69 bits per heavy atom. The monoisotopic (exact) mass is 219 g/mol. The zero-order valence-electron chi connectivity index (χ0n) is 10.6. The van der Waals surface area contributed by atoms with Crippen LogP contribution in [0.4, 0.5) is 0 Å². The van der Waals surface area contributed by atoms with Crippen LogP contribution in [0, 0.1) is 0 Å². The Kier molecular flexibility index (Phi) is 5.06. The molecule has 0 aliphatic carbocycles. The number of hydrogen-bond acceptors (Lipinski definition) is 2. The van der Waals surface area contributed by atoms with Crippen molar-refractivity contribution in [1.29, 1.82) is 0 Å². The Bertz CT molecular complexity index is 354. The zero-order chi connectivity index (χ0) is 12.0. The van der Waals surface area contributed by atoms with Crippen LogP contribution in [0.3, 0.4) is 0 Å². The molecule has 1 aromatic carbocycles. The first-order valence-corrected chi connectivity index (χ1v) is 5.64. The quantitative estimate of drug-likeness (QED) is 0.767. The normalized spacial score (nSPS) is 12.0. The average molecular weight is 219 g/mol. The highest BCUT2D eigenvalue weighted by Gasteiger charge is 2.08. The first kappa shape index (κ1) is 12.8. The molecule has 0 aliphatic rings. The van der Waals surface area contributed by atoms with Gasteiger partial charge < -0.3 is 10.1 Å². The summed E-state index contributed by atoms with van der Waals surface area (Å²) in [5.74, 6) is 0.944. The lowest BCUT2D eigenvalue weighted by Gasteiger charge is -2.16. The number of para-hydroxylation sites is 1. The molecule has 0 fully saturated rings. The number of nitrogens with one attached hydrogen (secondary N) is 1. The van der Waals surface area contributed by atoms with Crippen LogP contribution >= 0.6 is 0 Å². The van der Waals surface area contributed by atoms with Crippen molar-refractivity contribution in [2.75, 3.05) is 13.7 Å². The number of hydrogen-bond donors (Lipinski definition) is 1. The van der Waals surface area contributed by atoms with Gasteiger partial charge >= 0.3 is 0 Å². The fraction of sp³-hybridized carbons (Fsp3) is 0.429. The summed E-state index contributed by atoms with van der Waals surface area (Å²) in [6.07, 6.45) is 2.19. The molecule has 16 heavy (non-hydrogen) atoms. The van der Waals surface area contributed by atoms with E-state index >= 15 is 0 Å². The van der Waals surface area contributed by atoms with Crippen LogP contribution in [-0.2, 0) is 0 Å². The first-order chi connectivity index (χ1) is 7.65. The van der Waals surface area contributed by atoms with E-state index in [0.29, 0.717) is 6.04 Å². The molecule has 0 amide bonds. The molecule has 2 heteroatoms. The van der Waals surface area contributed by atoms with Crippen molar-refractivity contribution in [3.8, 4) is 5.75 Å². The van der Waals surface area contributed by atoms with E-state index in [0.717, 1.165) is 12.3 Å². The van der Waals surface area contributed by atoms with Gasteiger partial charge in [0.25, 0.3) is 0 Å². The number of allylic oxidation sites excluding steroid dienone is 1. The topological polar surface area (TPSA) is 21.3 Å². The molecule has 1 aromatic rings. The summed E-state index contributed by atoms with van der Waals surface area (Å²) in [4.78, 5) is 0. The van der Waals surface area contributed by atoms with Gasteiger partial charge in [0, 0.05) is 18.2 Å². The third-order valence-corrected chi connectivity index (χ3v) is 2.54. The summed E-state index contributed by atoms with van der Waals surface area (Å²) in [6, 6.07) is 8.42. The summed E-state index contributed by atoms with van der Waals surface area (Å²) in [5.41, 5.74) is 2.53. The minimum Gasteiger partial charge on any atom is -0.496 e. The zero-order valence-corrected chi connectivity index (χ0v) is 10.6. The highest BCUT2D eigenvalue weighted by Crippen LogP contribution is 2.23. The van der Waals surface area contributed by atoms with E-state index in [9.17, 15) is 0 Å². The highest BCUT2D eigenvalue weighted by molar-refractivity contribution is 5.35. The van der Waals surface area contributed by atoms with Gasteiger partial charge in [-0.2, -0.15) is 0 Å². The van der Waals surface area contributed by atoms with E-state index in [2.05, 4.69) is 38.2 Å². The molecule has 1 N–H and O–H groups in total. The smallest absolute Gasteiger partial charge is 0.123 e. The molecular formula is C14H21NO. The summed E-state index contributed by atoms with van der Waals surface area (Å²) in [6.45, 7) is 7.25. The second-order valence-electron chi connectivity index (χ2n) is 4.15. The maximum atomic E-state index is 5.34. The molecule has 0 aliphatic heterocycles. The summed E-state index contributed by atoms with van der Waals surface area (Å²) in [7, 11) is 1.71. The van der Waals surface area contributed by atoms with Crippen LogP contribution in [0.2, 0.25) is 0 Å². The van der Waals surface area contributed by atoms with Crippen LogP contribution in [0.25, 0.3) is 0 Å². The van der Waals surface area contributed by atoms with Crippen molar-refractivity contribution in [2.24, 2.45) is 0 Å². The number of methoxy groups -OCH3 is 1.